The molecule has 1 N–H and O–H groups in total. The first-order valence-corrected chi connectivity index (χ1v) is 9.63. The third kappa shape index (κ3) is 3.08. The number of hydrogen-bond acceptors (Lipinski definition) is 1. The maximum atomic E-state index is 12.5. The van der Waals surface area contributed by atoms with Crippen LogP contribution < -0.4 is 5.32 Å². The molecule has 1 amide bonds. The third-order valence-electron chi connectivity index (χ3n) is 5.97. The molecule has 4 fully saturated rings. The molecule has 0 aliphatic heterocycles. The molecule has 0 saturated heterocycles. The molecule has 0 aromatic heterocycles. The van der Waals surface area contributed by atoms with E-state index in [0.717, 1.165) is 30.1 Å². The molecule has 4 rings (SSSR count). The molecule has 3 heteroatoms. The molecule has 4 saturated carbocycles. The molecule has 2 nitrogen and oxygen atoms in total. The second-order valence-electron chi connectivity index (χ2n) is 7.65. The fourth-order valence-electron chi connectivity index (χ4n) is 5.21. The normalized spacial score (nSPS) is 39.8. The van der Waals surface area contributed by atoms with Crippen molar-refractivity contribution in [1.29, 1.82) is 0 Å². The highest BCUT2D eigenvalue weighted by Gasteiger charge is 2.50. The zero-order valence-electron chi connectivity index (χ0n) is 12.6. The first kappa shape index (κ1) is 14.9. The van der Waals surface area contributed by atoms with E-state index in [9.17, 15) is 4.79 Å². The number of rotatable bonds is 6. The van der Waals surface area contributed by atoms with Crippen molar-refractivity contribution in [1.82, 2.24) is 5.32 Å². The average Bonchev–Trinajstić information content (AvgIpc) is 2.42. The largest absolute Gasteiger partial charge is 0.356 e. The van der Waals surface area contributed by atoms with E-state index in [2.05, 4.69) is 28.2 Å². The minimum atomic E-state index is 0.358. The summed E-state index contributed by atoms with van der Waals surface area (Å²) in [5.41, 5.74) is 0. The first-order chi connectivity index (χ1) is 9.67. The van der Waals surface area contributed by atoms with Crippen LogP contribution in [0.3, 0.4) is 0 Å². The van der Waals surface area contributed by atoms with E-state index in [-0.39, 0.29) is 0 Å². The lowest BCUT2D eigenvalue weighted by Crippen LogP contribution is -2.51. The maximum absolute atomic E-state index is 12.5. The van der Waals surface area contributed by atoms with Crippen LogP contribution in [0.15, 0.2) is 0 Å². The lowest BCUT2D eigenvalue weighted by Gasteiger charge is -2.53. The average molecular weight is 342 g/mol. The number of halogens is 1. The van der Waals surface area contributed by atoms with Crippen LogP contribution in [0, 0.1) is 35.5 Å². The van der Waals surface area contributed by atoms with Gasteiger partial charge in [0.25, 0.3) is 0 Å². The van der Waals surface area contributed by atoms with Crippen molar-refractivity contribution in [2.75, 3.05) is 11.9 Å². The van der Waals surface area contributed by atoms with E-state index in [1.807, 2.05) is 0 Å². The molecule has 0 heterocycles. The summed E-state index contributed by atoms with van der Waals surface area (Å²) in [5, 5.41) is 4.30. The monoisotopic (exact) mass is 341 g/mol. The zero-order valence-corrected chi connectivity index (χ0v) is 14.2. The van der Waals surface area contributed by atoms with Crippen molar-refractivity contribution >= 4 is 21.8 Å². The quantitative estimate of drug-likeness (QED) is 0.574. The topological polar surface area (TPSA) is 29.1 Å². The van der Waals surface area contributed by atoms with Crippen LogP contribution in [-0.4, -0.2) is 17.8 Å². The van der Waals surface area contributed by atoms with Gasteiger partial charge in [-0.05, 0) is 74.5 Å². The summed E-state index contributed by atoms with van der Waals surface area (Å²) < 4.78 is 0. The van der Waals surface area contributed by atoms with Crippen molar-refractivity contribution < 1.29 is 4.79 Å². The molecular weight excluding hydrogens is 314 g/mol. The van der Waals surface area contributed by atoms with E-state index < -0.39 is 0 Å². The Labute approximate surface area is 131 Å². The molecule has 114 valence electrons. The molecule has 4 aliphatic rings. The van der Waals surface area contributed by atoms with Crippen LogP contribution in [0.4, 0.5) is 0 Å². The summed E-state index contributed by atoms with van der Waals surface area (Å²) in [7, 11) is 0. The van der Waals surface area contributed by atoms with Crippen LogP contribution in [0.25, 0.3) is 0 Å². The Balaban J connectivity index is 1.46. The van der Waals surface area contributed by atoms with Crippen molar-refractivity contribution in [3.63, 3.8) is 0 Å². The molecule has 0 radical (unpaired) electrons. The third-order valence-corrected chi connectivity index (χ3v) is 7.07. The molecule has 1 unspecified atom stereocenters. The predicted octanol–water partition coefficient (Wildman–Crippen LogP) is 3.99. The van der Waals surface area contributed by atoms with E-state index in [0.29, 0.717) is 29.6 Å². The Kier molecular flexibility index (Phi) is 4.74. The summed E-state index contributed by atoms with van der Waals surface area (Å²) in [5.74, 6) is 4.80. The van der Waals surface area contributed by atoms with Crippen molar-refractivity contribution in [3.05, 3.63) is 0 Å². The van der Waals surface area contributed by atoms with E-state index in [1.54, 1.807) is 0 Å². The van der Waals surface area contributed by atoms with Crippen LogP contribution in [0.5, 0.6) is 0 Å². The highest BCUT2D eigenvalue weighted by molar-refractivity contribution is 9.09. The SMILES string of the molecule is CC(CBr)CCCNC(=O)C1C2CC3CC(C2)CC1C3. The Morgan fingerprint density at radius 2 is 1.75 bits per heavy atom. The van der Waals surface area contributed by atoms with Crippen LogP contribution >= 0.6 is 15.9 Å². The van der Waals surface area contributed by atoms with Gasteiger partial charge in [-0.1, -0.05) is 22.9 Å². The van der Waals surface area contributed by atoms with E-state index >= 15 is 0 Å². The summed E-state index contributed by atoms with van der Waals surface area (Å²) in [6.07, 6.45) is 9.14. The molecular formula is C17H28BrNO. The van der Waals surface area contributed by atoms with Crippen molar-refractivity contribution in [2.45, 2.75) is 51.9 Å². The van der Waals surface area contributed by atoms with Crippen molar-refractivity contribution in [2.24, 2.45) is 35.5 Å². The number of carbonyl (C=O) groups excluding carboxylic acids is 1. The molecule has 4 bridgehead atoms. The Bertz CT molecular complexity index is 329. The Morgan fingerprint density at radius 3 is 2.30 bits per heavy atom. The van der Waals surface area contributed by atoms with Crippen molar-refractivity contribution in [3.8, 4) is 0 Å². The minimum Gasteiger partial charge on any atom is -0.356 e. The van der Waals surface area contributed by atoms with Gasteiger partial charge in [-0.25, -0.2) is 0 Å². The van der Waals surface area contributed by atoms with Gasteiger partial charge < -0.3 is 5.32 Å². The molecule has 1 atom stereocenters. The van der Waals surface area contributed by atoms with Gasteiger partial charge in [0.1, 0.15) is 0 Å². The second-order valence-corrected chi connectivity index (χ2v) is 8.30. The smallest absolute Gasteiger partial charge is 0.223 e. The predicted molar refractivity (Wildman–Crippen MR) is 85.7 cm³/mol. The van der Waals surface area contributed by atoms with E-state index in [4.69, 9.17) is 0 Å². The highest BCUT2D eigenvalue weighted by atomic mass is 79.9. The molecule has 0 aromatic carbocycles. The summed E-state index contributed by atoms with van der Waals surface area (Å²) in [6, 6.07) is 0. The number of hydrogen-bond donors (Lipinski definition) is 1. The lowest BCUT2D eigenvalue weighted by molar-refractivity contribution is -0.138. The number of alkyl halides is 1. The van der Waals surface area contributed by atoms with Gasteiger partial charge in [0, 0.05) is 17.8 Å². The summed E-state index contributed by atoms with van der Waals surface area (Å²) in [6.45, 7) is 3.13. The minimum absolute atomic E-state index is 0.358. The fourth-order valence-corrected chi connectivity index (χ4v) is 5.53. The molecule has 4 aliphatic carbocycles. The lowest BCUT2D eigenvalue weighted by atomic mass is 9.51. The summed E-state index contributed by atoms with van der Waals surface area (Å²) >= 11 is 3.51. The zero-order chi connectivity index (χ0) is 14.1. The van der Waals surface area contributed by atoms with Gasteiger partial charge in [-0.3, -0.25) is 4.79 Å². The van der Waals surface area contributed by atoms with Gasteiger partial charge in [0.05, 0.1) is 0 Å². The van der Waals surface area contributed by atoms with Gasteiger partial charge in [-0.15, -0.1) is 0 Å². The summed E-state index contributed by atoms with van der Waals surface area (Å²) in [4.78, 5) is 12.5. The highest BCUT2D eigenvalue weighted by Crippen LogP contribution is 2.56. The molecule has 20 heavy (non-hydrogen) atoms. The number of nitrogens with one attached hydrogen (secondary N) is 1. The van der Waals surface area contributed by atoms with Gasteiger partial charge >= 0.3 is 0 Å². The maximum Gasteiger partial charge on any atom is 0.223 e. The Hall–Kier alpha value is -0.0500. The Morgan fingerprint density at radius 1 is 1.15 bits per heavy atom. The second kappa shape index (κ2) is 6.37. The molecule has 0 aromatic rings. The number of carbonyl (C=O) groups is 1. The standard InChI is InChI=1S/C17H28BrNO/c1-11(10-18)3-2-4-19-17(20)16-14-6-12-5-13(8-14)9-15(16)7-12/h11-16H,2-10H2,1H3,(H,19,20). The van der Waals surface area contributed by atoms with Crippen LogP contribution in [0.1, 0.15) is 51.9 Å². The van der Waals surface area contributed by atoms with Crippen LogP contribution in [-0.2, 0) is 4.79 Å². The first-order valence-electron chi connectivity index (χ1n) is 8.51. The van der Waals surface area contributed by atoms with E-state index in [1.165, 1.54) is 38.5 Å². The fraction of sp³-hybridized carbons (Fsp3) is 0.941. The van der Waals surface area contributed by atoms with Gasteiger partial charge in [-0.2, -0.15) is 0 Å². The number of amides is 1. The van der Waals surface area contributed by atoms with Gasteiger partial charge in [0.2, 0.25) is 5.91 Å². The van der Waals surface area contributed by atoms with Gasteiger partial charge in [0.15, 0.2) is 0 Å². The van der Waals surface area contributed by atoms with Crippen LogP contribution in [0.2, 0.25) is 0 Å². The molecule has 0 spiro atoms.